The van der Waals surface area contributed by atoms with Gasteiger partial charge in [0.15, 0.2) is 0 Å². The molecule has 4 nitrogen and oxygen atoms in total. The molecule has 0 saturated carbocycles. The molecule has 0 aromatic carbocycles. The highest BCUT2D eigenvalue weighted by molar-refractivity contribution is 5.78. The summed E-state index contributed by atoms with van der Waals surface area (Å²) in [7, 11) is 0. The first-order chi connectivity index (χ1) is 8.38. The first-order valence-corrected chi connectivity index (χ1v) is 6.01. The number of ether oxygens (including phenoxy) is 1. The first-order valence-electron chi connectivity index (χ1n) is 6.01. The highest BCUT2D eigenvalue weighted by Crippen LogP contribution is 2.16. The van der Waals surface area contributed by atoms with Gasteiger partial charge in [-0.15, -0.1) is 0 Å². The number of nitrogens with one attached hydrogen (secondary N) is 2. The monoisotopic (exact) mass is 268 g/mol. The summed E-state index contributed by atoms with van der Waals surface area (Å²) in [4.78, 5) is 11.7. The lowest BCUT2D eigenvalue weighted by molar-refractivity contribution is -0.173. The van der Waals surface area contributed by atoms with E-state index < -0.39 is 12.8 Å². The zero-order valence-electron chi connectivity index (χ0n) is 10.3. The minimum atomic E-state index is -4.31. The molecule has 1 saturated heterocycles. The van der Waals surface area contributed by atoms with Crippen molar-refractivity contribution in [3.05, 3.63) is 0 Å². The van der Waals surface area contributed by atoms with Gasteiger partial charge in [0.25, 0.3) is 0 Å². The topological polar surface area (TPSA) is 50.4 Å². The molecule has 1 fully saturated rings. The number of halogens is 3. The zero-order valence-corrected chi connectivity index (χ0v) is 10.3. The smallest absolute Gasteiger partial charge is 0.370 e. The Labute approximate surface area is 104 Å². The van der Waals surface area contributed by atoms with Gasteiger partial charge in [0.2, 0.25) is 5.91 Å². The summed E-state index contributed by atoms with van der Waals surface area (Å²) < 4.78 is 39.7. The van der Waals surface area contributed by atoms with Gasteiger partial charge in [-0.1, -0.05) is 6.92 Å². The third-order valence-electron chi connectivity index (χ3n) is 2.75. The van der Waals surface area contributed by atoms with Crippen LogP contribution >= 0.6 is 0 Å². The van der Waals surface area contributed by atoms with E-state index in [1.165, 1.54) is 0 Å². The van der Waals surface area contributed by atoms with E-state index in [1.54, 1.807) is 0 Å². The number of rotatable bonds is 5. The fraction of sp³-hybridized carbons (Fsp3) is 0.909. The molecule has 7 heteroatoms. The molecule has 0 spiro atoms. The Bertz CT molecular complexity index is 272. The molecule has 0 radical (unpaired) electrons. The van der Waals surface area contributed by atoms with E-state index in [9.17, 15) is 18.0 Å². The number of piperidine rings is 1. The average Bonchev–Trinajstić information content (AvgIpc) is 2.26. The van der Waals surface area contributed by atoms with E-state index in [2.05, 4.69) is 22.3 Å². The maximum absolute atomic E-state index is 11.8. The molecule has 2 N–H and O–H groups in total. The Kier molecular flexibility index (Phi) is 5.87. The summed E-state index contributed by atoms with van der Waals surface area (Å²) in [6.07, 6.45) is -3.50. The molecule has 106 valence electrons. The van der Waals surface area contributed by atoms with Crippen LogP contribution in [0.2, 0.25) is 0 Å². The molecule has 0 aromatic heterocycles. The Hall–Kier alpha value is -0.820. The number of carbonyl (C=O) groups excluding carboxylic acids is 1. The summed E-state index contributed by atoms with van der Waals surface area (Å²) in [6, 6.07) is 0. The van der Waals surface area contributed by atoms with Crippen LogP contribution in [-0.2, 0) is 9.53 Å². The molecule has 2 atom stereocenters. The molecular formula is C11H19F3N2O2. The fourth-order valence-electron chi connectivity index (χ4n) is 1.93. The van der Waals surface area contributed by atoms with Crippen LogP contribution in [0.5, 0.6) is 0 Å². The van der Waals surface area contributed by atoms with Crippen LogP contribution in [0.4, 0.5) is 13.2 Å². The van der Waals surface area contributed by atoms with Gasteiger partial charge < -0.3 is 15.4 Å². The standard InChI is InChI=1S/C11H19F3N2O2/c1-8-4-9(6-15-5-8)10(17)16-2-3-18-7-11(12,13)14/h8-9,15H,2-7H2,1H3,(H,16,17). The van der Waals surface area contributed by atoms with Crippen molar-refractivity contribution in [3.63, 3.8) is 0 Å². The summed E-state index contributed by atoms with van der Waals surface area (Å²) in [5.41, 5.74) is 0. The number of amides is 1. The van der Waals surface area contributed by atoms with Crippen molar-refractivity contribution in [1.82, 2.24) is 10.6 Å². The number of hydrogen-bond donors (Lipinski definition) is 2. The van der Waals surface area contributed by atoms with Gasteiger partial charge >= 0.3 is 6.18 Å². The third-order valence-corrected chi connectivity index (χ3v) is 2.75. The van der Waals surface area contributed by atoms with Gasteiger partial charge in [-0.25, -0.2) is 0 Å². The molecule has 1 rings (SSSR count). The average molecular weight is 268 g/mol. The normalized spacial score (nSPS) is 24.9. The summed E-state index contributed by atoms with van der Waals surface area (Å²) in [5, 5.41) is 5.73. The Morgan fingerprint density at radius 2 is 2.17 bits per heavy atom. The molecule has 0 bridgehead atoms. The van der Waals surface area contributed by atoms with Crippen molar-refractivity contribution in [3.8, 4) is 0 Å². The van der Waals surface area contributed by atoms with Gasteiger partial charge in [-0.3, -0.25) is 4.79 Å². The second-order valence-electron chi connectivity index (χ2n) is 4.65. The maximum atomic E-state index is 11.8. The van der Waals surface area contributed by atoms with Gasteiger partial charge in [-0.05, 0) is 18.9 Å². The van der Waals surface area contributed by atoms with Crippen LogP contribution in [0.15, 0.2) is 0 Å². The van der Waals surface area contributed by atoms with E-state index in [0.29, 0.717) is 12.5 Å². The quantitative estimate of drug-likeness (QED) is 0.729. The first kappa shape index (κ1) is 15.2. The number of carbonyl (C=O) groups is 1. The Balaban J connectivity index is 2.10. The van der Waals surface area contributed by atoms with Crippen LogP contribution in [0, 0.1) is 11.8 Å². The third kappa shape index (κ3) is 6.20. The Morgan fingerprint density at radius 3 is 2.78 bits per heavy atom. The molecule has 1 heterocycles. The maximum Gasteiger partial charge on any atom is 0.411 e. The van der Waals surface area contributed by atoms with Crippen LogP contribution in [0.3, 0.4) is 0 Å². The lowest BCUT2D eigenvalue weighted by atomic mass is 9.91. The van der Waals surface area contributed by atoms with Crippen molar-refractivity contribution in [2.24, 2.45) is 11.8 Å². The largest absolute Gasteiger partial charge is 0.411 e. The zero-order chi connectivity index (χ0) is 13.6. The lowest BCUT2D eigenvalue weighted by Crippen LogP contribution is -2.44. The minimum Gasteiger partial charge on any atom is -0.370 e. The van der Waals surface area contributed by atoms with Crippen molar-refractivity contribution >= 4 is 5.91 Å². The predicted molar refractivity (Wildman–Crippen MR) is 60.0 cm³/mol. The van der Waals surface area contributed by atoms with E-state index in [-0.39, 0.29) is 25.0 Å². The molecule has 1 aliphatic rings. The van der Waals surface area contributed by atoms with Crippen LogP contribution in [0.25, 0.3) is 0 Å². The molecule has 18 heavy (non-hydrogen) atoms. The van der Waals surface area contributed by atoms with E-state index in [1.807, 2.05) is 0 Å². The molecule has 1 aliphatic heterocycles. The van der Waals surface area contributed by atoms with Gasteiger partial charge in [0.1, 0.15) is 6.61 Å². The molecular weight excluding hydrogens is 249 g/mol. The van der Waals surface area contributed by atoms with E-state index in [4.69, 9.17) is 0 Å². The van der Waals surface area contributed by atoms with Gasteiger partial charge in [0.05, 0.1) is 12.5 Å². The van der Waals surface area contributed by atoms with Gasteiger partial charge in [-0.2, -0.15) is 13.2 Å². The molecule has 1 amide bonds. The van der Waals surface area contributed by atoms with E-state index >= 15 is 0 Å². The molecule has 2 unspecified atom stereocenters. The van der Waals surface area contributed by atoms with Crippen molar-refractivity contribution in [2.45, 2.75) is 19.5 Å². The summed E-state index contributed by atoms with van der Waals surface area (Å²) in [5.74, 6) is 0.219. The lowest BCUT2D eigenvalue weighted by Gasteiger charge is -2.26. The summed E-state index contributed by atoms with van der Waals surface area (Å²) >= 11 is 0. The van der Waals surface area contributed by atoms with E-state index in [0.717, 1.165) is 13.0 Å². The second-order valence-corrected chi connectivity index (χ2v) is 4.65. The van der Waals surface area contributed by atoms with Gasteiger partial charge in [0, 0.05) is 13.1 Å². The number of alkyl halides is 3. The highest BCUT2D eigenvalue weighted by atomic mass is 19.4. The van der Waals surface area contributed by atoms with Crippen molar-refractivity contribution in [2.75, 3.05) is 32.8 Å². The minimum absolute atomic E-state index is 0.101. The Morgan fingerprint density at radius 1 is 1.44 bits per heavy atom. The SMILES string of the molecule is CC1CNCC(C(=O)NCCOCC(F)(F)F)C1. The highest BCUT2D eigenvalue weighted by Gasteiger charge is 2.27. The number of hydrogen-bond acceptors (Lipinski definition) is 3. The summed E-state index contributed by atoms with van der Waals surface area (Å²) in [6.45, 7) is 2.29. The van der Waals surface area contributed by atoms with Crippen LogP contribution in [0.1, 0.15) is 13.3 Å². The molecule has 0 aliphatic carbocycles. The predicted octanol–water partition coefficient (Wildman–Crippen LogP) is 0.927. The van der Waals surface area contributed by atoms with Crippen molar-refractivity contribution < 1.29 is 22.7 Å². The fourth-order valence-corrected chi connectivity index (χ4v) is 1.93. The van der Waals surface area contributed by atoms with Crippen molar-refractivity contribution in [1.29, 1.82) is 0 Å². The van der Waals surface area contributed by atoms with Crippen LogP contribution < -0.4 is 10.6 Å². The van der Waals surface area contributed by atoms with Crippen LogP contribution in [-0.4, -0.2) is 44.9 Å². The second kappa shape index (κ2) is 6.94. The molecule has 0 aromatic rings.